The molecule has 32 heavy (non-hydrogen) atoms. The van der Waals surface area contributed by atoms with Crippen molar-refractivity contribution in [1.82, 2.24) is 5.32 Å². The molecule has 0 fully saturated rings. The highest BCUT2D eigenvalue weighted by molar-refractivity contribution is 5.98. The van der Waals surface area contributed by atoms with Gasteiger partial charge < -0.3 is 11.5 Å². The van der Waals surface area contributed by atoms with Gasteiger partial charge in [-0.15, -0.1) is 0 Å². The molecule has 0 radical (unpaired) electrons. The largest absolute Gasteiger partial charge is 0.370 e. The van der Waals surface area contributed by atoms with Gasteiger partial charge in [0.2, 0.25) is 5.91 Å². The van der Waals surface area contributed by atoms with Crippen molar-refractivity contribution in [3.05, 3.63) is 35.9 Å². The highest BCUT2D eigenvalue weighted by Crippen LogP contribution is 2.13. The van der Waals surface area contributed by atoms with Crippen molar-refractivity contribution < 1.29 is 9.59 Å². The fourth-order valence-corrected chi connectivity index (χ4v) is 3.80. The lowest BCUT2D eigenvalue weighted by atomic mass is 10.0. The number of nitrogens with two attached hydrogens (primary N) is 2. The first-order valence-electron chi connectivity index (χ1n) is 12.5. The Balaban J connectivity index is 2.13. The van der Waals surface area contributed by atoms with E-state index in [0.29, 0.717) is 12.8 Å². The molecular weight excluding hydrogens is 400 g/mol. The minimum Gasteiger partial charge on any atom is -0.370 e. The molecule has 0 aliphatic rings. The second-order valence-electron chi connectivity index (χ2n) is 8.66. The topological polar surface area (TPSA) is 111 Å². The quantitative estimate of drug-likeness (QED) is 0.168. The normalized spacial score (nSPS) is 11.7. The van der Waals surface area contributed by atoms with Gasteiger partial charge in [0.15, 0.2) is 5.96 Å². The van der Waals surface area contributed by atoms with Gasteiger partial charge in [0.25, 0.3) is 5.91 Å². The molecule has 0 bridgehead atoms. The molecular formula is C26H44N4O2. The summed E-state index contributed by atoms with van der Waals surface area (Å²) in [4.78, 5) is 28.6. The van der Waals surface area contributed by atoms with Crippen LogP contribution in [-0.4, -0.2) is 23.8 Å². The van der Waals surface area contributed by atoms with Crippen molar-refractivity contribution in [2.75, 3.05) is 0 Å². The van der Waals surface area contributed by atoms with Crippen LogP contribution in [0.15, 0.2) is 35.3 Å². The number of imide groups is 1. The number of hydrogen-bond acceptors (Lipinski definition) is 3. The Morgan fingerprint density at radius 1 is 0.812 bits per heavy atom. The molecule has 6 heteroatoms. The summed E-state index contributed by atoms with van der Waals surface area (Å²) in [5, 5.41) is 2.45. The summed E-state index contributed by atoms with van der Waals surface area (Å²) in [6.45, 7) is 2.25. The number of benzene rings is 1. The summed E-state index contributed by atoms with van der Waals surface area (Å²) in [5.74, 6) is -0.881. The van der Waals surface area contributed by atoms with Gasteiger partial charge in [-0.25, -0.2) is 4.99 Å². The number of aliphatic imine (C=N–C) groups is 1. The van der Waals surface area contributed by atoms with Crippen LogP contribution in [0.4, 0.5) is 0 Å². The number of nitrogens with one attached hydrogen (secondary N) is 1. The van der Waals surface area contributed by atoms with Crippen LogP contribution in [0.1, 0.15) is 102 Å². The predicted octanol–water partition coefficient (Wildman–Crippen LogP) is 5.00. The van der Waals surface area contributed by atoms with Crippen molar-refractivity contribution in [1.29, 1.82) is 0 Å². The van der Waals surface area contributed by atoms with Crippen LogP contribution in [0.25, 0.3) is 0 Å². The van der Waals surface area contributed by atoms with Gasteiger partial charge in [0.1, 0.15) is 6.04 Å². The lowest BCUT2D eigenvalue weighted by Crippen LogP contribution is -2.40. The van der Waals surface area contributed by atoms with Crippen molar-refractivity contribution >= 4 is 17.8 Å². The minimum absolute atomic E-state index is 0.162. The molecule has 1 rings (SSSR count). The van der Waals surface area contributed by atoms with Crippen molar-refractivity contribution in [2.45, 2.75) is 109 Å². The average molecular weight is 445 g/mol. The van der Waals surface area contributed by atoms with Gasteiger partial charge in [0.05, 0.1) is 0 Å². The van der Waals surface area contributed by atoms with Gasteiger partial charge in [-0.05, 0) is 12.0 Å². The van der Waals surface area contributed by atoms with Crippen LogP contribution in [0.3, 0.4) is 0 Å². The van der Waals surface area contributed by atoms with Gasteiger partial charge in [-0.3, -0.25) is 14.9 Å². The fourth-order valence-electron chi connectivity index (χ4n) is 3.80. The number of rotatable bonds is 18. The van der Waals surface area contributed by atoms with Gasteiger partial charge in [-0.2, -0.15) is 0 Å². The summed E-state index contributed by atoms with van der Waals surface area (Å²) >= 11 is 0. The molecule has 180 valence electrons. The summed E-state index contributed by atoms with van der Waals surface area (Å²) in [6, 6.07) is 8.67. The number of amides is 2. The van der Waals surface area contributed by atoms with E-state index in [2.05, 4.69) is 17.2 Å². The molecule has 0 saturated carbocycles. The minimum atomic E-state index is -0.807. The third kappa shape index (κ3) is 14.6. The molecule has 0 saturated heterocycles. The first-order chi connectivity index (χ1) is 15.5. The third-order valence-electron chi connectivity index (χ3n) is 5.65. The summed E-state index contributed by atoms with van der Waals surface area (Å²) in [6.07, 6.45) is 17.0. The molecule has 0 heterocycles. The van der Waals surface area contributed by atoms with Crippen molar-refractivity contribution in [2.24, 2.45) is 16.5 Å². The molecule has 1 atom stereocenters. The van der Waals surface area contributed by atoms with E-state index in [0.717, 1.165) is 24.8 Å². The van der Waals surface area contributed by atoms with E-state index in [-0.39, 0.29) is 11.9 Å². The Morgan fingerprint density at radius 3 is 1.81 bits per heavy atom. The Bertz CT molecular complexity index is 657. The van der Waals surface area contributed by atoms with Crippen LogP contribution >= 0.6 is 0 Å². The maximum atomic E-state index is 12.5. The van der Waals surface area contributed by atoms with Gasteiger partial charge in [-0.1, -0.05) is 114 Å². The molecule has 1 aromatic rings. The molecule has 2 amide bonds. The first kappa shape index (κ1) is 27.7. The Labute approximate surface area is 194 Å². The van der Waals surface area contributed by atoms with E-state index in [9.17, 15) is 9.59 Å². The number of guanidine groups is 1. The lowest BCUT2D eigenvalue weighted by molar-refractivity contribution is -0.131. The van der Waals surface area contributed by atoms with E-state index < -0.39 is 11.9 Å². The highest BCUT2D eigenvalue weighted by Gasteiger charge is 2.20. The van der Waals surface area contributed by atoms with E-state index in [1.807, 2.05) is 30.3 Å². The summed E-state index contributed by atoms with van der Waals surface area (Å²) < 4.78 is 0. The first-order valence-corrected chi connectivity index (χ1v) is 12.5. The molecule has 5 N–H and O–H groups in total. The summed E-state index contributed by atoms with van der Waals surface area (Å²) in [5.41, 5.74) is 11.9. The number of carbonyl (C=O) groups is 2. The smallest absolute Gasteiger partial charge is 0.251 e. The Morgan fingerprint density at radius 2 is 1.31 bits per heavy atom. The fraction of sp³-hybridized carbons (Fsp3) is 0.654. The van der Waals surface area contributed by atoms with E-state index in [1.54, 1.807) is 0 Å². The van der Waals surface area contributed by atoms with Gasteiger partial charge >= 0.3 is 0 Å². The maximum absolute atomic E-state index is 12.5. The van der Waals surface area contributed by atoms with Crippen LogP contribution in [-0.2, 0) is 16.0 Å². The number of carbonyl (C=O) groups excluding carboxylic acids is 2. The van der Waals surface area contributed by atoms with Crippen LogP contribution in [0.5, 0.6) is 0 Å². The second kappa shape index (κ2) is 18.2. The maximum Gasteiger partial charge on any atom is 0.251 e. The molecule has 0 aliphatic carbocycles. The third-order valence-corrected chi connectivity index (χ3v) is 5.65. The SMILES string of the molecule is CCCCCCCCCCCCCCCC(=O)NC(=O)[C@H](Cc1ccccc1)N=C(N)N. The molecule has 0 aliphatic heterocycles. The monoisotopic (exact) mass is 444 g/mol. The molecule has 0 aromatic heterocycles. The molecule has 6 nitrogen and oxygen atoms in total. The van der Waals surface area contributed by atoms with E-state index >= 15 is 0 Å². The zero-order valence-electron chi connectivity index (χ0n) is 20.0. The van der Waals surface area contributed by atoms with Gasteiger partial charge in [0, 0.05) is 12.8 Å². The van der Waals surface area contributed by atoms with Crippen molar-refractivity contribution in [3.8, 4) is 0 Å². The van der Waals surface area contributed by atoms with Crippen LogP contribution in [0.2, 0.25) is 0 Å². The van der Waals surface area contributed by atoms with E-state index in [1.165, 1.54) is 64.2 Å². The van der Waals surface area contributed by atoms with Crippen LogP contribution in [0, 0.1) is 0 Å². The lowest BCUT2D eigenvalue weighted by Gasteiger charge is -2.13. The predicted molar refractivity (Wildman–Crippen MR) is 133 cm³/mol. The number of unbranched alkanes of at least 4 members (excludes halogenated alkanes) is 12. The zero-order valence-corrected chi connectivity index (χ0v) is 20.0. The molecule has 1 aromatic carbocycles. The van der Waals surface area contributed by atoms with Crippen molar-refractivity contribution in [3.63, 3.8) is 0 Å². The highest BCUT2D eigenvalue weighted by atomic mass is 16.2. The number of nitrogens with zero attached hydrogens (tertiary/aromatic N) is 1. The Kier molecular flexibility index (Phi) is 15.8. The molecule has 0 spiro atoms. The standard InChI is InChI=1S/C26H44N4O2/c1-2-3-4-5-6-7-8-9-10-11-12-13-17-20-24(31)30-25(32)23(29-26(27)28)21-22-18-15-14-16-19-22/h14-16,18-19,23H,2-13,17,20-21H2,1H3,(H4,27,28,29)(H,30,31,32)/t23-/m0/s1. The molecule has 0 unspecified atom stereocenters. The summed E-state index contributed by atoms with van der Waals surface area (Å²) in [7, 11) is 0. The zero-order chi connectivity index (χ0) is 23.4. The second-order valence-corrected chi connectivity index (χ2v) is 8.66. The number of hydrogen-bond donors (Lipinski definition) is 3. The van der Waals surface area contributed by atoms with Crippen LogP contribution < -0.4 is 16.8 Å². The van der Waals surface area contributed by atoms with E-state index in [4.69, 9.17) is 11.5 Å². The Hall–Kier alpha value is -2.37. The average Bonchev–Trinajstić information content (AvgIpc) is 2.77.